The highest BCUT2D eigenvalue weighted by Crippen LogP contribution is 2.33. The Morgan fingerprint density at radius 2 is 2.00 bits per heavy atom. The van der Waals surface area contributed by atoms with Gasteiger partial charge in [-0.1, -0.05) is 36.0 Å². The molecule has 1 aromatic rings. The monoisotopic (exact) mass is 321 g/mol. The van der Waals surface area contributed by atoms with Crippen LogP contribution < -0.4 is 0 Å². The average molecular weight is 321 g/mol. The van der Waals surface area contributed by atoms with Gasteiger partial charge in [-0.05, 0) is 24.6 Å². The van der Waals surface area contributed by atoms with Crippen molar-refractivity contribution in [2.24, 2.45) is 0 Å². The number of thioether (sulfide) groups is 1. The first-order chi connectivity index (χ1) is 10.4. The topological polar surface area (TPSA) is 74.7 Å². The van der Waals surface area contributed by atoms with Gasteiger partial charge >= 0.3 is 5.97 Å². The minimum atomic E-state index is -0.923. The van der Waals surface area contributed by atoms with E-state index in [2.05, 4.69) is 0 Å². The summed E-state index contributed by atoms with van der Waals surface area (Å²) in [4.78, 5) is 36.6. The van der Waals surface area contributed by atoms with Crippen LogP contribution in [0, 0.1) is 0 Å². The molecule has 6 heteroatoms. The molecular weight excluding hydrogens is 302 g/mol. The summed E-state index contributed by atoms with van der Waals surface area (Å²) < 4.78 is 0. The third-order valence-electron chi connectivity index (χ3n) is 3.91. The van der Waals surface area contributed by atoms with Crippen LogP contribution in [-0.4, -0.2) is 45.7 Å². The van der Waals surface area contributed by atoms with E-state index in [0.717, 1.165) is 22.9 Å². The standard InChI is InChI=1S/C16H19NO4S/c1-10(18)22-8-7-14(19)15-12-6-4-3-5-11(12)9-13(16(20)21)17(15)2/h3-6,13,15H,7-9H2,1-2H3,(H,20,21)/t13?,15-/m0/s1. The number of aliphatic carboxylic acids is 1. The first-order valence-corrected chi connectivity index (χ1v) is 8.09. The fourth-order valence-electron chi connectivity index (χ4n) is 2.83. The van der Waals surface area contributed by atoms with Crippen molar-refractivity contribution < 1.29 is 19.5 Å². The second-order valence-electron chi connectivity index (χ2n) is 5.38. The molecular formula is C16H19NO4S. The molecule has 0 radical (unpaired) electrons. The zero-order valence-electron chi connectivity index (χ0n) is 12.6. The van der Waals surface area contributed by atoms with Crippen LogP contribution in [0.4, 0.5) is 0 Å². The number of carboxylic acids is 1. The highest BCUT2D eigenvalue weighted by Gasteiger charge is 2.38. The zero-order chi connectivity index (χ0) is 16.3. The lowest BCUT2D eigenvalue weighted by atomic mass is 9.86. The van der Waals surface area contributed by atoms with Crippen LogP contribution in [0.1, 0.15) is 30.5 Å². The second kappa shape index (κ2) is 7.07. The first kappa shape index (κ1) is 16.7. The van der Waals surface area contributed by atoms with Gasteiger partial charge in [0.1, 0.15) is 6.04 Å². The van der Waals surface area contributed by atoms with E-state index in [4.69, 9.17) is 0 Å². The van der Waals surface area contributed by atoms with E-state index in [0.29, 0.717) is 12.2 Å². The third-order valence-corrected chi connectivity index (χ3v) is 4.72. The van der Waals surface area contributed by atoms with E-state index >= 15 is 0 Å². The van der Waals surface area contributed by atoms with Crippen LogP contribution in [0.2, 0.25) is 0 Å². The smallest absolute Gasteiger partial charge is 0.321 e. The highest BCUT2D eigenvalue weighted by atomic mass is 32.2. The molecule has 1 N–H and O–H groups in total. The maximum atomic E-state index is 12.6. The van der Waals surface area contributed by atoms with Crippen molar-refractivity contribution in [3.05, 3.63) is 35.4 Å². The van der Waals surface area contributed by atoms with Crippen LogP contribution in [0.3, 0.4) is 0 Å². The molecule has 0 bridgehead atoms. The lowest BCUT2D eigenvalue weighted by Crippen LogP contribution is -2.48. The summed E-state index contributed by atoms with van der Waals surface area (Å²) in [5, 5.41) is 9.36. The molecule has 1 unspecified atom stereocenters. The summed E-state index contributed by atoms with van der Waals surface area (Å²) in [6.45, 7) is 1.47. The number of likely N-dealkylation sites (N-methyl/N-ethyl adjacent to an activating group) is 1. The van der Waals surface area contributed by atoms with Crippen molar-refractivity contribution in [3.63, 3.8) is 0 Å². The van der Waals surface area contributed by atoms with Crippen molar-refractivity contribution in [3.8, 4) is 0 Å². The molecule has 2 rings (SSSR count). The van der Waals surface area contributed by atoms with Crippen LogP contribution >= 0.6 is 11.8 Å². The highest BCUT2D eigenvalue weighted by molar-refractivity contribution is 8.13. The van der Waals surface area contributed by atoms with E-state index in [1.165, 1.54) is 6.92 Å². The molecule has 22 heavy (non-hydrogen) atoms. The third kappa shape index (κ3) is 3.56. The average Bonchev–Trinajstić information content (AvgIpc) is 2.45. The Hall–Kier alpha value is -1.66. The van der Waals surface area contributed by atoms with Gasteiger partial charge in [0.15, 0.2) is 10.9 Å². The molecule has 2 atom stereocenters. The Morgan fingerprint density at radius 1 is 1.32 bits per heavy atom. The Kier molecular flexibility index (Phi) is 5.37. The molecule has 118 valence electrons. The van der Waals surface area contributed by atoms with Crippen molar-refractivity contribution >= 4 is 28.6 Å². The number of benzene rings is 1. The van der Waals surface area contributed by atoms with Gasteiger partial charge in [0.2, 0.25) is 0 Å². The predicted octanol–water partition coefficient (Wildman–Crippen LogP) is 1.91. The maximum Gasteiger partial charge on any atom is 0.321 e. The zero-order valence-corrected chi connectivity index (χ0v) is 13.4. The van der Waals surface area contributed by atoms with Crippen LogP contribution in [0.25, 0.3) is 0 Å². The van der Waals surface area contributed by atoms with Crippen LogP contribution in [-0.2, 0) is 20.8 Å². The quantitative estimate of drug-likeness (QED) is 0.893. The minimum absolute atomic E-state index is 0.0198. The first-order valence-electron chi connectivity index (χ1n) is 7.10. The number of Topliss-reactive ketones (excluding diaryl/α,β-unsaturated/α-hetero) is 1. The normalized spacial score (nSPS) is 21.2. The van der Waals surface area contributed by atoms with Crippen LogP contribution in [0.15, 0.2) is 24.3 Å². The Labute approximate surface area is 133 Å². The molecule has 0 spiro atoms. The van der Waals surface area contributed by atoms with E-state index in [-0.39, 0.29) is 17.3 Å². The molecule has 0 saturated heterocycles. The maximum absolute atomic E-state index is 12.6. The molecule has 1 aliphatic rings. The molecule has 5 nitrogen and oxygen atoms in total. The fourth-order valence-corrected chi connectivity index (χ4v) is 3.42. The van der Waals surface area contributed by atoms with E-state index < -0.39 is 18.1 Å². The molecule has 1 aliphatic heterocycles. The van der Waals surface area contributed by atoms with Crippen molar-refractivity contribution in [1.29, 1.82) is 0 Å². The number of hydrogen-bond donors (Lipinski definition) is 1. The number of rotatable bonds is 5. The van der Waals surface area contributed by atoms with Crippen LogP contribution in [0.5, 0.6) is 0 Å². The van der Waals surface area contributed by atoms with Gasteiger partial charge in [0.05, 0.1) is 6.04 Å². The number of carbonyl (C=O) groups is 3. The summed E-state index contributed by atoms with van der Waals surface area (Å²) in [6, 6.07) is 6.21. The molecule has 1 heterocycles. The SMILES string of the molecule is CC(=O)SCCC(=O)[C@@H]1c2ccccc2CC(C(=O)O)N1C. The molecule has 0 saturated carbocycles. The van der Waals surface area contributed by atoms with E-state index in [1.807, 2.05) is 24.3 Å². The van der Waals surface area contributed by atoms with Gasteiger partial charge in [-0.25, -0.2) is 0 Å². The van der Waals surface area contributed by atoms with Gasteiger partial charge in [-0.3, -0.25) is 19.3 Å². The predicted molar refractivity (Wildman–Crippen MR) is 84.8 cm³/mol. The van der Waals surface area contributed by atoms with Gasteiger partial charge < -0.3 is 5.11 Å². The van der Waals surface area contributed by atoms with Crippen molar-refractivity contribution in [2.45, 2.75) is 31.8 Å². The Morgan fingerprint density at radius 3 is 2.64 bits per heavy atom. The van der Waals surface area contributed by atoms with Gasteiger partial charge in [-0.15, -0.1) is 0 Å². The molecule has 0 fully saturated rings. The Balaban J connectivity index is 2.25. The summed E-state index contributed by atoms with van der Waals surface area (Å²) >= 11 is 1.12. The number of hydrogen-bond acceptors (Lipinski definition) is 5. The fraction of sp³-hybridized carbons (Fsp3) is 0.438. The number of fused-ring (bicyclic) bond motifs is 1. The van der Waals surface area contributed by atoms with E-state index in [1.54, 1.807) is 11.9 Å². The summed E-state index contributed by atoms with van der Waals surface area (Å²) in [6.07, 6.45) is 0.647. The van der Waals surface area contributed by atoms with E-state index in [9.17, 15) is 19.5 Å². The van der Waals surface area contributed by atoms with Gasteiger partial charge in [0, 0.05) is 19.1 Å². The Bertz CT molecular complexity index is 602. The lowest BCUT2D eigenvalue weighted by molar-refractivity contribution is -0.145. The summed E-state index contributed by atoms with van der Waals surface area (Å²) in [5.74, 6) is -0.541. The summed E-state index contributed by atoms with van der Waals surface area (Å²) in [5.41, 5.74) is 1.78. The number of carboxylic acid groups (broad SMARTS) is 1. The minimum Gasteiger partial charge on any atom is -0.480 e. The van der Waals surface area contributed by atoms with Crippen molar-refractivity contribution in [2.75, 3.05) is 12.8 Å². The van der Waals surface area contributed by atoms with Gasteiger partial charge in [0.25, 0.3) is 0 Å². The molecule has 0 amide bonds. The largest absolute Gasteiger partial charge is 0.480 e. The second-order valence-corrected chi connectivity index (χ2v) is 6.65. The molecule has 1 aromatic carbocycles. The number of nitrogens with zero attached hydrogens (tertiary/aromatic N) is 1. The molecule has 0 aliphatic carbocycles. The van der Waals surface area contributed by atoms with Crippen molar-refractivity contribution in [1.82, 2.24) is 4.90 Å². The summed E-state index contributed by atoms with van der Waals surface area (Å²) in [7, 11) is 1.68. The van der Waals surface area contributed by atoms with Gasteiger partial charge in [-0.2, -0.15) is 0 Å². The molecule has 0 aromatic heterocycles. The number of carbonyl (C=O) groups excluding carboxylic acids is 2. The number of ketones is 1. The lowest BCUT2D eigenvalue weighted by Gasteiger charge is -2.38.